The summed E-state index contributed by atoms with van der Waals surface area (Å²) in [6, 6.07) is 14.4. The number of imide groups is 1. The van der Waals surface area contributed by atoms with Crippen LogP contribution in [0.15, 0.2) is 57.7 Å². The first kappa shape index (κ1) is 19.0. The Balaban J connectivity index is 1.55. The van der Waals surface area contributed by atoms with E-state index in [1.807, 2.05) is 24.3 Å². The topological polar surface area (TPSA) is 84.6 Å². The lowest BCUT2D eigenvalue weighted by Gasteiger charge is -2.22. The number of urea groups is 1. The van der Waals surface area contributed by atoms with Crippen molar-refractivity contribution in [2.75, 3.05) is 6.54 Å². The quantitative estimate of drug-likeness (QED) is 0.653. The number of amides is 3. The number of aryl methyl sites for hydroxylation is 1. The Kier molecular flexibility index (Phi) is 4.74. The van der Waals surface area contributed by atoms with E-state index >= 15 is 0 Å². The summed E-state index contributed by atoms with van der Waals surface area (Å²) in [6.45, 7) is 4.07. The number of carbonyl (C=O) groups excluding carboxylic acids is 2. The number of aromatic nitrogens is 1. The van der Waals surface area contributed by atoms with Crippen LogP contribution in [0, 0.1) is 0 Å². The Bertz CT molecular complexity index is 1130. The summed E-state index contributed by atoms with van der Waals surface area (Å²) in [7, 11) is 0. The highest BCUT2D eigenvalue weighted by molar-refractivity contribution is 6.07. The number of rotatable bonds is 6. The second kappa shape index (κ2) is 7.24. The molecule has 1 aliphatic heterocycles. The van der Waals surface area contributed by atoms with Gasteiger partial charge in [-0.05, 0) is 36.6 Å². The van der Waals surface area contributed by atoms with Gasteiger partial charge in [0, 0.05) is 13.1 Å². The molecule has 150 valence electrons. The van der Waals surface area contributed by atoms with E-state index < -0.39 is 17.3 Å². The molecule has 2 aromatic carbocycles. The molecule has 0 spiro atoms. The summed E-state index contributed by atoms with van der Waals surface area (Å²) in [6.07, 6.45) is 2.01. The molecule has 3 aromatic rings. The number of oxazole rings is 1. The highest BCUT2D eigenvalue weighted by atomic mass is 16.4. The number of nitrogens with zero attached hydrogens (tertiary/aromatic N) is 2. The van der Waals surface area contributed by atoms with E-state index in [4.69, 9.17) is 4.42 Å². The van der Waals surface area contributed by atoms with Gasteiger partial charge in [-0.25, -0.2) is 9.59 Å². The number of fused-ring (bicyclic) bond motifs is 1. The predicted molar refractivity (Wildman–Crippen MR) is 109 cm³/mol. The fourth-order valence-electron chi connectivity index (χ4n) is 3.81. The minimum Gasteiger partial charge on any atom is -0.408 e. The Morgan fingerprint density at radius 2 is 1.72 bits per heavy atom. The van der Waals surface area contributed by atoms with Crippen LogP contribution in [-0.2, 0) is 23.3 Å². The van der Waals surface area contributed by atoms with E-state index in [0.29, 0.717) is 11.1 Å². The lowest BCUT2D eigenvalue weighted by Crippen LogP contribution is -2.41. The third-order valence-electron chi connectivity index (χ3n) is 5.47. The summed E-state index contributed by atoms with van der Waals surface area (Å²) in [5.74, 6) is -0.834. The summed E-state index contributed by atoms with van der Waals surface area (Å²) in [5, 5.41) is 2.81. The molecule has 0 saturated carbocycles. The van der Waals surface area contributed by atoms with Crippen molar-refractivity contribution in [3.63, 3.8) is 0 Å². The molecule has 1 aromatic heterocycles. The van der Waals surface area contributed by atoms with Gasteiger partial charge >= 0.3 is 11.8 Å². The predicted octanol–water partition coefficient (Wildman–Crippen LogP) is 3.01. The molecule has 0 bridgehead atoms. The lowest BCUT2D eigenvalue weighted by atomic mass is 9.91. The van der Waals surface area contributed by atoms with E-state index in [-0.39, 0.29) is 19.0 Å². The fourth-order valence-corrected chi connectivity index (χ4v) is 3.81. The smallest absolute Gasteiger partial charge is 0.408 e. The van der Waals surface area contributed by atoms with Gasteiger partial charge in [-0.15, -0.1) is 0 Å². The maximum absolute atomic E-state index is 13.1. The number of carbonyl (C=O) groups is 2. The molecular weight excluding hydrogens is 370 g/mol. The zero-order valence-electron chi connectivity index (χ0n) is 16.5. The van der Waals surface area contributed by atoms with Crippen LogP contribution < -0.4 is 11.1 Å². The van der Waals surface area contributed by atoms with Crippen molar-refractivity contribution in [3.05, 3.63) is 70.2 Å². The molecule has 1 unspecified atom stereocenters. The van der Waals surface area contributed by atoms with E-state index in [1.54, 1.807) is 31.2 Å². The SMILES string of the molecule is CCCc1ccc(C2(C)NC(=O)N(CCn3c(=O)oc4ccccc43)C2=O)cc1. The van der Waals surface area contributed by atoms with Crippen LogP contribution in [0.25, 0.3) is 11.1 Å². The molecule has 7 heteroatoms. The number of nitrogens with one attached hydrogen (secondary N) is 1. The molecule has 0 aliphatic carbocycles. The first-order valence-corrected chi connectivity index (χ1v) is 9.76. The zero-order chi connectivity index (χ0) is 20.6. The number of benzene rings is 2. The first-order valence-electron chi connectivity index (χ1n) is 9.76. The lowest BCUT2D eigenvalue weighted by molar-refractivity contribution is -0.131. The van der Waals surface area contributed by atoms with Gasteiger partial charge in [0.05, 0.1) is 5.52 Å². The normalized spacial score (nSPS) is 19.2. The van der Waals surface area contributed by atoms with Crippen molar-refractivity contribution < 1.29 is 14.0 Å². The Hall–Kier alpha value is -3.35. The summed E-state index contributed by atoms with van der Waals surface area (Å²) >= 11 is 0. The molecule has 29 heavy (non-hydrogen) atoms. The van der Waals surface area contributed by atoms with Gasteiger partial charge < -0.3 is 9.73 Å². The molecule has 4 rings (SSSR count). The van der Waals surface area contributed by atoms with Crippen molar-refractivity contribution >= 4 is 23.0 Å². The summed E-state index contributed by atoms with van der Waals surface area (Å²) in [4.78, 5) is 38.9. The van der Waals surface area contributed by atoms with Gasteiger partial charge in [-0.2, -0.15) is 0 Å². The molecule has 1 aliphatic rings. The maximum Gasteiger partial charge on any atom is 0.420 e. The van der Waals surface area contributed by atoms with Crippen LogP contribution >= 0.6 is 0 Å². The molecule has 1 saturated heterocycles. The Morgan fingerprint density at radius 1 is 1.00 bits per heavy atom. The third kappa shape index (κ3) is 3.22. The molecule has 2 heterocycles. The standard InChI is InChI=1S/C22H23N3O4/c1-3-6-15-9-11-16(12-10-15)22(2)19(26)25(20(27)23-22)14-13-24-17-7-4-5-8-18(17)29-21(24)28/h4-5,7-12H,3,6,13-14H2,1-2H3,(H,23,27). The van der Waals surface area contributed by atoms with Gasteiger partial charge in [0.1, 0.15) is 5.54 Å². The third-order valence-corrected chi connectivity index (χ3v) is 5.47. The number of hydrogen-bond donors (Lipinski definition) is 1. The monoisotopic (exact) mass is 393 g/mol. The molecule has 1 N–H and O–H groups in total. The van der Waals surface area contributed by atoms with Gasteiger partial charge in [-0.1, -0.05) is 49.7 Å². The van der Waals surface area contributed by atoms with Crippen molar-refractivity contribution in [2.24, 2.45) is 0 Å². The van der Waals surface area contributed by atoms with Crippen molar-refractivity contribution in [1.82, 2.24) is 14.8 Å². The Morgan fingerprint density at radius 3 is 2.45 bits per heavy atom. The van der Waals surface area contributed by atoms with Crippen LogP contribution in [0.3, 0.4) is 0 Å². The van der Waals surface area contributed by atoms with E-state index in [9.17, 15) is 14.4 Å². The molecule has 3 amide bonds. The first-order chi connectivity index (χ1) is 13.9. The van der Waals surface area contributed by atoms with Gasteiger partial charge in [-0.3, -0.25) is 14.3 Å². The summed E-state index contributed by atoms with van der Waals surface area (Å²) < 4.78 is 6.65. The van der Waals surface area contributed by atoms with Crippen LogP contribution in [0.5, 0.6) is 0 Å². The molecule has 7 nitrogen and oxygen atoms in total. The number of para-hydroxylation sites is 2. The van der Waals surface area contributed by atoms with Crippen LogP contribution in [0.1, 0.15) is 31.4 Å². The van der Waals surface area contributed by atoms with E-state index in [2.05, 4.69) is 12.2 Å². The molecule has 1 fully saturated rings. The number of hydrogen-bond acceptors (Lipinski definition) is 4. The fraction of sp³-hybridized carbons (Fsp3) is 0.318. The van der Waals surface area contributed by atoms with Gasteiger partial charge in [0.15, 0.2) is 5.58 Å². The second-order valence-corrected chi connectivity index (χ2v) is 7.45. The summed E-state index contributed by atoms with van der Waals surface area (Å²) in [5.41, 5.74) is 1.93. The molecular formula is C22H23N3O4. The highest BCUT2D eigenvalue weighted by Crippen LogP contribution is 2.29. The van der Waals surface area contributed by atoms with Crippen molar-refractivity contribution in [3.8, 4) is 0 Å². The maximum atomic E-state index is 13.1. The minimum absolute atomic E-state index is 0.0810. The Labute approximate surface area is 167 Å². The van der Waals surface area contributed by atoms with Crippen LogP contribution in [-0.4, -0.2) is 28.0 Å². The van der Waals surface area contributed by atoms with Crippen LogP contribution in [0.4, 0.5) is 4.79 Å². The average Bonchev–Trinajstić information content (AvgIpc) is 3.14. The molecule has 0 radical (unpaired) electrons. The zero-order valence-corrected chi connectivity index (χ0v) is 16.5. The van der Waals surface area contributed by atoms with E-state index in [1.165, 1.54) is 10.1 Å². The van der Waals surface area contributed by atoms with Gasteiger partial charge in [0.2, 0.25) is 0 Å². The van der Waals surface area contributed by atoms with Crippen molar-refractivity contribution in [2.45, 2.75) is 38.8 Å². The average molecular weight is 393 g/mol. The van der Waals surface area contributed by atoms with E-state index in [0.717, 1.165) is 23.3 Å². The van der Waals surface area contributed by atoms with Crippen molar-refractivity contribution in [1.29, 1.82) is 0 Å². The largest absolute Gasteiger partial charge is 0.420 e. The minimum atomic E-state index is -1.12. The highest BCUT2D eigenvalue weighted by Gasteiger charge is 2.48. The van der Waals surface area contributed by atoms with Gasteiger partial charge in [0.25, 0.3) is 5.91 Å². The molecule has 1 atom stereocenters. The second-order valence-electron chi connectivity index (χ2n) is 7.45. The van der Waals surface area contributed by atoms with Crippen LogP contribution in [0.2, 0.25) is 0 Å².